The zero-order chi connectivity index (χ0) is 11.5. The first-order valence-corrected chi connectivity index (χ1v) is 3.71. The third kappa shape index (κ3) is 3.75. The molecule has 7 heteroatoms. The second-order valence-corrected chi connectivity index (χ2v) is 2.46. The van der Waals surface area contributed by atoms with Crippen LogP contribution >= 0.6 is 0 Å². The Kier molecular flexibility index (Phi) is 3.03. The molecule has 0 spiro atoms. The zero-order valence-corrected chi connectivity index (χ0v) is 7.17. The van der Waals surface area contributed by atoms with Gasteiger partial charge < -0.3 is 4.74 Å². The van der Waals surface area contributed by atoms with Crippen LogP contribution < -0.4 is 10.1 Å². The summed E-state index contributed by atoms with van der Waals surface area (Å²) in [6.45, 7) is 0. The summed E-state index contributed by atoms with van der Waals surface area (Å²) in [4.78, 5) is 10.1. The van der Waals surface area contributed by atoms with E-state index in [1.54, 1.807) is 5.32 Å². The third-order valence-electron chi connectivity index (χ3n) is 1.35. The van der Waals surface area contributed by atoms with Crippen LogP contribution in [0.3, 0.4) is 0 Å². The second-order valence-electron chi connectivity index (χ2n) is 2.46. The number of halogens is 3. The number of carbonyl (C=O) groups is 1. The highest BCUT2D eigenvalue weighted by molar-refractivity contribution is 5.84. The fourth-order valence-electron chi connectivity index (χ4n) is 0.894. The van der Waals surface area contributed by atoms with E-state index in [0.29, 0.717) is 0 Å². The summed E-state index contributed by atoms with van der Waals surface area (Å²) in [5.41, 5.74) is -0.324. The average Bonchev–Trinajstić information content (AvgIpc) is 2.05. The quantitative estimate of drug-likeness (QED) is 0.832. The molecule has 0 fully saturated rings. The van der Waals surface area contributed by atoms with Gasteiger partial charge in [-0.05, 0) is 12.1 Å². The van der Waals surface area contributed by atoms with Crippen molar-refractivity contribution in [3.05, 3.63) is 24.3 Å². The number of carbonyl (C=O) groups excluding carboxylic acids is 1. The van der Waals surface area contributed by atoms with E-state index in [2.05, 4.69) is 4.74 Å². The second kappa shape index (κ2) is 4.07. The predicted molar refractivity (Wildman–Crippen MR) is 42.8 cm³/mol. The van der Waals surface area contributed by atoms with Crippen LogP contribution in [0.4, 0.5) is 23.7 Å². The summed E-state index contributed by atoms with van der Waals surface area (Å²) in [5.74, 6) is -0.630. The van der Waals surface area contributed by atoms with Crippen LogP contribution in [-0.2, 0) is 5.11 Å². The maximum Gasteiger partial charge on any atom is 0.573 e. The van der Waals surface area contributed by atoms with E-state index in [4.69, 9.17) is 0 Å². The van der Waals surface area contributed by atoms with Gasteiger partial charge in [-0.2, -0.15) is 0 Å². The van der Waals surface area contributed by atoms with Crippen molar-refractivity contribution >= 4 is 11.8 Å². The number of anilines is 1. The number of amides is 1. The van der Waals surface area contributed by atoms with Crippen molar-refractivity contribution in [2.24, 2.45) is 0 Å². The molecule has 1 amide bonds. The maximum absolute atomic E-state index is 11.8. The molecule has 1 rings (SSSR count). The summed E-state index contributed by atoms with van der Waals surface area (Å²) in [7, 11) is 0. The summed E-state index contributed by atoms with van der Waals surface area (Å²) >= 11 is 0. The monoisotopic (exact) mass is 220 g/mol. The van der Waals surface area contributed by atoms with Gasteiger partial charge >= 0.3 is 12.5 Å². The standard InChI is InChI=1S/C8H5F3NO3/c9-8(10,11)15-6-4-2-1-3-5(6)12-7(13)14/h1-4,12H. The molecule has 0 aromatic heterocycles. The lowest BCUT2D eigenvalue weighted by molar-refractivity contribution is -0.274. The van der Waals surface area contributed by atoms with E-state index in [1.807, 2.05) is 0 Å². The van der Waals surface area contributed by atoms with E-state index in [1.165, 1.54) is 12.1 Å². The summed E-state index contributed by atoms with van der Waals surface area (Å²) in [6.07, 6.45) is -6.59. The van der Waals surface area contributed by atoms with Crippen molar-refractivity contribution in [3.63, 3.8) is 0 Å². The molecule has 0 aliphatic carbocycles. The van der Waals surface area contributed by atoms with Gasteiger partial charge in [-0.25, -0.2) is 9.90 Å². The van der Waals surface area contributed by atoms with Gasteiger partial charge in [0.05, 0.1) is 5.69 Å². The molecular weight excluding hydrogens is 215 g/mol. The van der Waals surface area contributed by atoms with Crippen molar-refractivity contribution in [2.75, 3.05) is 5.32 Å². The Hall–Kier alpha value is -1.92. The molecule has 0 aliphatic heterocycles. The normalized spacial score (nSPS) is 10.9. The van der Waals surface area contributed by atoms with Gasteiger partial charge in [-0.3, -0.25) is 5.32 Å². The van der Waals surface area contributed by atoms with Gasteiger partial charge in [0, 0.05) is 0 Å². The van der Waals surface area contributed by atoms with Crippen molar-refractivity contribution < 1.29 is 27.8 Å². The number of alkyl halides is 3. The van der Waals surface area contributed by atoms with Crippen LogP contribution in [-0.4, -0.2) is 12.5 Å². The molecule has 15 heavy (non-hydrogen) atoms. The third-order valence-corrected chi connectivity index (χ3v) is 1.35. The molecule has 0 atom stereocenters. The Labute approximate surface area is 82.3 Å². The van der Waals surface area contributed by atoms with Gasteiger partial charge in [0.2, 0.25) is 0 Å². The molecule has 1 N–H and O–H groups in total. The number of ether oxygens (including phenoxy) is 1. The van der Waals surface area contributed by atoms with Gasteiger partial charge in [0.1, 0.15) is 0 Å². The lowest BCUT2D eigenvalue weighted by atomic mass is 10.3. The highest BCUT2D eigenvalue weighted by atomic mass is 19.4. The summed E-state index contributed by atoms with van der Waals surface area (Å²) < 4.78 is 39.1. The molecule has 4 nitrogen and oxygen atoms in total. The first-order valence-electron chi connectivity index (χ1n) is 3.71. The fourth-order valence-corrected chi connectivity index (χ4v) is 0.894. The SMILES string of the molecule is [O]C(=O)Nc1ccccc1OC(F)(F)F. The van der Waals surface area contributed by atoms with Gasteiger partial charge in [0.15, 0.2) is 5.75 Å². The van der Waals surface area contributed by atoms with E-state index in [0.717, 1.165) is 12.1 Å². The Bertz CT molecular complexity index is 364. The molecule has 81 valence electrons. The molecule has 0 saturated carbocycles. The number of hydrogen-bond donors (Lipinski definition) is 1. The number of hydrogen-bond acceptors (Lipinski definition) is 2. The van der Waals surface area contributed by atoms with Crippen LogP contribution in [0.5, 0.6) is 5.75 Å². The fraction of sp³-hybridized carbons (Fsp3) is 0.125. The van der Waals surface area contributed by atoms with Gasteiger partial charge in [-0.15, -0.1) is 13.2 Å². The number of para-hydroxylation sites is 2. The highest BCUT2D eigenvalue weighted by Gasteiger charge is 2.32. The Morgan fingerprint density at radius 2 is 1.87 bits per heavy atom. The molecule has 0 bridgehead atoms. The minimum Gasteiger partial charge on any atom is -0.404 e. The lowest BCUT2D eigenvalue weighted by Gasteiger charge is -2.11. The number of benzene rings is 1. The van der Waals surface area contributed by atoms with Crippen molar-refractivity contribution in [1.82, 2.24) is 0 Å². The summed E-state index contributed by atoms with van der Waals surface area (Å²) in [5, 5.41) is 11.8. The minimum absolute atomic E-state index is 0.324. The average molecular weight is 220 g/mol. The maximum atomic E-state index is 11.8. The first-order chi connectivity index (χ1) is 6.88. The van der Waals surface area contributed by atoms with E-state index in [-0.39, 0.29) is 5.69 Å². The van der Waals surface area contributed by atoms with Crippen molar-refractivity contribution in [1.29, 1.82) is 0 Å². The molecule has 0 saturated heterocycles. The number of nitrogens with one attached hydrogen (secondary N) is 1. The molecule has 1 radical (unpaired) electrons. The number of rotatable bonds is 2. The van der Waals surface area contributed by atoms with E-state index < -0.39 is 18.2 Å². The smallest absolute Gasteiger partial charge is 0.404 e. The van der Waals surface area contributed by atoms with Gasteiger partial charge in [-0.1, -0.05) is 12.1 Å². The van der Waals surface area contributed by atoms with E-state index in [9.17, 15) is 23.1 Å². The first kappa shape index (κ1) is 11.2. The van der Waals surface area contributed by atoms with Crippen LogP contribution in [0.25, 0.3) is 0 Å². The highest BCUT2D eigenvalue weighted by Crippen LogP contribution is 2.29. The van der Waals surface area contributed by atoms with E-state index >= 15 is 0 Å². The summed E-state index contributed by atoms with van der Waals surface area (Å²) in [6, 6.07) is 4.74. The predicted octanol–water partition coefficient (Wildman–Crippen LogP) is 2.55. The minimum atomic E-state index is -4.87. The van der Waals surface area contributed by atoms with Crippen LogP contribution in [0.2, 0.25) is 0 Å². The molecular formula is C8H5F3NO3. The van der Waals surface area contributed by atoms with Gasteiger partial charge in [0.25, 0.3) is 0 Å². The lowest BCUT2D eigenvalue weighted by Crippen LogP contribution is -2.18. The van der Waals surface area contributed by atoms with Crippen molar-refractivity contribution in [3.8, 4) is 5.75 Å². The molecule has 1 aromatic carbocycles. The molecule has 1 aromatic rings. The molecule has 0 unspecified atom stereocenters. The van der Waals surface area contributed by atoms with Crippen molar-refractivity contribution in [2.45, 2.75) is 6.36 Å². The largest absolute Gasteiger partial charge is 0.573 e. The Balaban J connectivity index is 2.91. The zero-order valence-electron chi connectivity index (χ0n) is 7.17. The Morgan fingerprint density at radius 3 is 2.40 bits per heavy atom. The van der Waals surface area contributed by atoms with Crippen LogP contribution in [0.15, 0.2) is 24.3 Å². The topological polar surface area (TPSA) is 58.2 Å². The Morgan fingerprint density at radius 1 is 1.27 bits per heavy atom. The molecule has 0 heterocycles. The molecule has 0 aliphatic rings. The van der Waals surface area contributed by atoms with Crippen LogP contribution in [0.1, 0.15) is 0 Å². The van der Waals surface area contributed by atoms with Crippen LogP contribution in [0, 0.1) is 0 Å².